The minimum Gasteiger partial charge on any atom is -0.353 e. The van der Waals surface area contributed by atoms with Crippen LogP contribution in [0.2, 0.25) is 0 Å². The van der Waals surface area contributed by atoms with Crippen LogP contribution in [0.5, 0.6) is 0 Å². The molecule has 0 spiro atoms. The third-order valence-corrected chi connectivity index (χ3v) is 3.94. The first-order valence-electron chi connectivity index (χ1n) is 7.93. The first kappa shape index (κ1) is 16.2. The van der Waals surface area contributed by atoms with Gasteiger partial charge in [-0.3, -0.25) is 4.57 Å². The second-order valence-electron chi connectivity index (χ2n) is 6.10. The van der Waals surface area contributed by atoms with Gasteiger partial charge in [0, 0.05) is 13.1 Å². The van der Waals surface area contributed by atoms with Crippen molar-refractivity contribution in [3.8, 4) is 0 Å². The van der Waals surface area contributed by atoms with Gasteiger partial charge in [-0.2, -0.15) is 4.98 Å². The zero-order valence-corrected chi connectivity index (χ0v) is 14.2. The van der Waals surface area contributed by atoms with E-state index in [0.717, 1.165) is 24.2 Å². The molecule has 7 heteroatoms. The lowest BCUT2D eigenvalue weighted by Crippen LogP contribution is -2.21. The highest BCUT2D eigenvalue weighted by Gasteiger charge is 2.11. The average molecular weight is 326 g/mol. The number of anilines is 1. The van der Waals surface area contributed by atoms with E-state index in [9.17, 15) is 4.79 Å². The van der Waals surface area contributed by atoms with Crippen molar-refractivity contribution in [2.75, 3.05) is 32.5 Å². The van der Waals surface area contributed by atoms with Crippen LogP contribution in [0.3, 0.4) is 0 Å². The molecule has 0 aliphatic carbocycles. The number of rotatable bonds is 6. The summed E-state index contributed by atoms with van der Waals surface area (Å²) >= 11 is 0. The summed E-state index contributed by atoms with van der Waals surface area (Å²) in [5.41, 5.74) is 3.34. The zero-order chi connectivity index (χ0) is 17.1. The smallest absolute Gasteiger partial charge is 0.328 e. The highest BCUT2D eigenvalue weighted by molar-refractivity contribution is 5.71. The van der Waals surface area contributed by atoms with E-state index in [1.54, 1.807) is 10.8 Å². The molecule has 2 aromatic heterocycles. The highest BCUT2D eigenvalue weighted by atomic mass is 16.1. The number of hydrogen-bond acceptors (Lipinski definition) is 5. The molecule has 24 heavy (non-hydrogen) atoms. The lowest BCUT2D eigenvalue weighted by molar-refractivity contribution is 0.425. The maximum absolute atomic E-state index is 12.3. The van der Waals surface area contributed by atoms with E-state index in [4.69, 9.17) is 0 Å². The topological polar surface area (TPSA) is 78.8 Å². The fourth-order valence-corrected chi connectivity index (χ4v) is 2.53. The van der Waals surface area contributed by atoms with Crippen molar-refractivity contribution in [2.45, 2.75) is 13.5 Å². The lowest BCUT2D eigenvalue weighted by Gasteiger charge is -2.10. The molecule has 0 saturated carbocycles. The van der Waals surface area contributed by atoms with E-state index in [1.807, 2.05) is 45.3 Å². The van der Waals surface area contributed by atoms with Crippen LogP contribution < -0.4 is 11.0 Å². The van der Waals surface area contributed by atoms with Gasteiger partial charge >= 0.3 is 5.69 Å². The largest absolute Gasteiger partial charge is 0.353 e. The molecule has 0 aliphatic heterocycles. The molecule has 2 N–H and O–H groups in total. The van der Waals surface area contributed by atoms with Crippen molar-refractivity contribution in [3.63, 3.8) is 0 Å². The van der Waals surface area contributed by atoms with Crippen molar-refractivity contribution in [1.82, 2.24) is 24.4 Å². The number of aromatic amines is 1. The van der Waals surface area contributed by atoms with Crippen molar-refractivity contribution in [1.29, 1.82) is 0 Å². The summed E-state index contributed by atoms with van der Waals surface area (Å²) in [6, 6.07) is 8.04. The van der Waals surface area contributed by atoms with E-state index in [2.05, 4.69) is 25.2 Å². The van der Waals surface area contributed by atoms with Crippen molar-refractivity contribution in [3.05, 3.63) is 52.1 Å². The van der Waals surface area contributed by atoms with Gasteiger partial charge in [-0.15, -0.1) is 0 Å². The number of likely N-dealkylation sites (N-methyl/N-ethyl adjacent to an activating group) is 1. The standard InChI is InChI=1S/C17H22N6O/c1-12-6-4-5-7-13(12)11-23-15-14(20-17(23)24)10-19-16(21-15)18-8-9-22(2)3/h4-7,10H,8-9,11H2,1-3H3,(H,20,24)(H,18,19,21). The van der Waals surface area contributed by atoms with Crippen LogP contribution >= 0.6 is 0 Å². The molecule has 0 amide bonds. The number of fused-ring (bicyclic) bond motifs is 1. The number of benzene rings is 1. The molecule has 0 bridgehead atoms. The Morgan fingerprint density at radius 3 is 2.83 bits per heavy atom. The van der Waals surface area contributed by atoms with E-state index in [1.165, 1.54) is 0 Å². The second-order valence-corrected chi connectivity index (χ2v) is 6.10. The maximum atomic E-state index is 12.3. The molecular formula is C17H22N6O. The van der Waals surface area contributed by atoms with Gasteiger partial charge in [0.2, 0.25) is 5.95 Å². The van der Waals surface area contributed by atoms with Gasteiger partial charge in [0.1, 0.15) is 5.52 Å². The first-order valence-corrected chi connectivity index (χ1v) is 7.93. The van der Waals surface area contributed by atoms with Gasteiger partial charge in [0.25, 0.3) is 0 Å². The number of aromatic nitrogens is 4. The van der Waals surface area contributed by atoms with Gasteiger partial charge in [-0.05, 0) is 32.1 Å². The molecule has 126 valence electrons. The summed E-state index contributed by atoms with van der Waals surface area (Å²) in [4.78, 5) is 25.9. The van der Waals surface area contributed by atoms with Crippen LogP contribution in [-0.4, -0.2) is 51.6 Å². The third-order valence-electron chi connectivity index (χ3n) is 3.94. The minimum atomic E-state index is -0.173. The Morgan fingerprint density at radius 1 is 1.29 bits per heavy atom. The van der Waals surface area contributed by atoms with Crippen LogP contribution in [0.15, 0.2) is 35.3 Å². The number of nitrogens with zero attached hydrogens (tertiary/aromatic N) is 4. The van der Waals surface area contributed by atoms with Crippen molar-refractivity contribution in [2.24, 2.45) is 0 Å². The molecule has 2 heterocycles. The maximum Gasteiger partial charge on any atom is 0.328 e. The lowest BCUT2D eigenvalue weighted by atomic mass is 10.1. The number of H-pyrrole nitrogens is 1. The van der Waals surface area contributed by atoms with Crippen LogP contribution in [0.1, 0.15) is 11.1 Å². The molecule has 0 radical (unpaired) electrons. The van der Waals surface area contributed by atoms with E-state index < -0.39 is 0 Å². The Kier molecular flexibility index (Phi) is 4.61. The van der Waals surface area contributed by atoms with Gasteiger partial charge < -0.3 is 15.2 Å². The minimum absolute atomic E-state index is 0.173. The summed E-state index contributed by atoms with van der Waals surface area (Å²) < 4.78 is 1.65. The second kappa shape index (κ2) is 6.84. The number of nitrogens with one attached hydrogen (secondary N) is 2. The SMILES string of the molecule is Cc1ccccc1Cn1c(=O)[nH]c2cnc(NCCN(C)C)nc21. The summed E-state index contributed by atoms with van der Waals surface area (Å²) in [5, 5.41) is 3.19. The number of imidazole rings is 1. The normalized spacial score (nSPS) is 11.3. The Morgan fingerprint density at radius 2 is 2.08 bits per heavy atom. The Hall–Kier alpha value is -2.67. The molecule has 0 aliphatic rings. The van der Waals surface area contributed by atoms with Gasteiger partial charge in [-0.25, -0.2) is 9.78 Å². The molecule has 0 saturated heterocycles. The van der Waals surface area contributed by atoms with Crippen LogP contribution in [0, 0.1) is 6.92 Å². The zero-order valence-electron chi connectivity index (χ0n) is 14.2. The summed E-state index contributed by atoms with van der Waals surface area (Å²) in [6.45, 7) is 4.15. The van der Waals surface area contributed by atoms with Gasteiger partial charge in [-0.1, -0.05) is 24.3 Å². The molecule has 0 fully saturated rings. The summed E-state index contributed by atoms with van der Waals surface area (Å²) in [6.07, 6.45) is 1.65. The Bertz CT molecular complexity index is 895. The third kappa shape index (κ3) is 3.46. The van der Waals surface area contributed by atoms with Gasteiger partial charge in [0.15, 0.2) is 5.65 Å². The molecule has 7 nitrogen and oxygen atoms in total. The molecule has 0 atom stereocenters. The summed E-state index contributed by atoms with van der Waals surface area (Å²) in [5.74, 6) is 0.530. The van der Waals surface area contributed by atoms with E-state index in [-0.39, 0.29) is 5.69 Å². The van der Waals surface area contributed by atoms with Crippen LogP contribution in [0.25, 0.3) is 11.2 Å². The molecular weight excluding hydrogens is 304 g/mol. The molecule has 0 unspecified atom stereocenters. The van der Waals surface area contributed by atoms with Crippen molar-refractivity contribution >= 4 is 17.1 Å². The Labute approximate surface area is 140 Å². The summed E-state index contributed by atoms with van der Waals surface area (Å²) in [7, 11) is 4.02. The fourth-order valence-electron chi connectivity index (χ4n) is 2.53. The monoisotopic (exact) mass is 326 g/mol. The Balaban J connectivity index is 1.91. The predicted octanol–water partition coefficient (Wildman–Crippen LogP) is 1.45. The number of aryl methyl sites for hydroxylation is 1. The average Bonchev–Trinajstić information content (AvgIpc) is 2.85. The predicted molar refractivity (Wildman–Crippen MR) is 95.5 cm³/mol. The van der Waals surface area contributed by atoms with Crippen molar-refractivity contribution < 1.29 is 0 Å². The fraction of sp³-hybridized carbons (Fsp3) is 0.353. The quantitative estimate of drug-likeness (QED) is 0.717. The van der Waals surface area contributed by atoms with Crippen LogP contribution in [0.4, 0.5) is 5.95 Å². The first-order chi connectivity index (χ1) is 11.5. The van der Waals surface area contributed by atoms with E-state index in [0.29, 0.717) is 23.7 Å². The van der Waals surface area contributed by atoms with Gasteiger partial charge in [0.05, 0.1) is 12.7 Å². The molecule has 1 aromatic carbocycles. The molecule has 3 rings (SSSR count). The highest BCUT2D eigenvalue weighted by Crippen LogP contribution is 2.13. The number of hydrogen-bond donors (Lipinski definition) is 2. The van der Waals surface area contributed by atoms with E-state index >= 15 is 0 Å². The van der Waals surface area contributed by atoms with Crippen LogP contribution in [-0.2, 0) is 6.54 Å². The molecule has 3 aromatic rings.